The molecule has 1 aromatic heterocycles. The minimum absolute atomic E-state index is 0.306. The fourth-order valence-corrected chi connectivity index (χ4v) is 11.3. The summed E-state index contributed by atoms with van der Waals surface area (Å²) >= 11 is 0. The summed E-state index contributed by atoms with van der Waals surface area (Å²) in [6.45, 7) is 6.28. The van der Waals surface area contributed by atoms with E-state index in [-0.39, 0.29) is 0 Å². The van der Waals surface area contributed by atoms with Gasteiger partial charge >= 0.3 is 0 Å². The van der Waals surface area contributed by atoms with Crippen LogP contribution >= 0.6 is 0 Å². The van der Waals surface area contributed by atoms with Gasteiger partial charge in [-0.05, 0) is 151 Å². The topological polar surface area (TPSA) is 11.4 Å². The smallest absolute Gasteiger partial charge is 0.0537 e. The van der Waals surface area contributed by atoms with Crippen LogP contribution in [0.1, 0.15) is 81.2 Å². The standard InChI is InChI=1S/C51H53N3/c1-51(2)47-17-9-7-15-43(47)44-29-28-42(33-48(44)51)53(41-26-21-36(22-27-41)38-12-11-31-52(3)34-38)40-24-19-35(20-25-40)37-23-30-50-46(32-37)45-16-8-10-18-49(45)54(50)39-13-5-4-6-14-39/h4-6,8-10,13-14,16-22,24-28,32,34,43-44,47-48H,7,11-12,15,23,29-31,33H2,1-3H3/t43-,44?,47?,48?/m0/s1. The van der Waals surface area contributed by atoms with Crippen LogP contribution in [0.4, 0.5) is 11.4 Å². The molecule has 3 nitrogen and oxygen atoms in total. The highest BCUT2D eigenvalue weighted by Crippen LogP contribution is 2.62. The molecular weight excluding hydrogens is 655 g/mol. The fourth-order valence-electron chi connectivity index (χ4n) is 11.3. The molecule has 0 spiro atoms. The molecule has 4 aliphatic carbocycles. The van der Waals surface area contributed by atoms with Crippen molar-refractivity contribution in [3.63, 3.8) is 0 Å². The van der Waals surface area contributed by atoms with E-state index in [0.29, 0.717) is 17.3 Å². The van der Waals surface area contributed by atoms with Gasteiger partial charge in [0.15, 0.2) is 0 Å². The van der Waals surface area contributed by atoms with Gasteiger partial charge in [-0.1, -0.05) is 92.7 Å². The molecule has 1 aliphatic heterocycles. The predicted molar refractivity (Wildman–Crippen MR) is 228 cm³/mol. The first kappa shape index (κ1) is 33.5. The number of fused-ring (bicyclic) bond motifs is 6. The van der Waals surface area contributed by atoms with E-state index in [0.717, 1.165) is 44.1 Å². The molecule has 4 atom stereocenters. The minimum atomic E-state index is 0.306. The number of allylic oxidation sites excluding steroid dienone is 6. The van der Waals surface area contributed by atoms with E-state index in [1.807, 2.05) is 0 Å². The number of hydrogen-bond donors (Lipinski definition) is 0. The van der Waals surface area contributed by atoms with Gasteiger partial charge in [0.1, 0.15) is 0 Å². The Morgan fingerprint density at radius 1 is 0.741 bits per heavy atom. The Balaban J connectivity index is 1.01. The average Bonchev–Trinajstić information content (AvgIpc) is 3.67. The number of anilines is 2. The molecule has 0 radical (unpaired) electrons. The number of rotatable bonds is 6. The van der Waals surface area contributed by atoms with Gasteiger partial charge in [-0.3, -0.25) is 0 Å². The second kappa shape index (κ2) is 13.4. The summed E-state index contributed by atoms with van der Waals surface area (Å²) < 4.78 is 2.48. The van der Waals surface area contributed by atoms with Crippen LogP contribution in [0.3, 0.4) is 0 Å². The van der Waals surface area contributed by atoms with Crippen molar-refractivity contribution in [2.75, 3.05) is 18.5 Å². The van der Waals surface area contributed by atoms with Crippen LogP contribution < -0.4 is 4.90 Å². The molecule has 4 aromatic carbocycles. The van der Waals surface area contributed by atoms with E-state index in [4.69, 9.17) is 0 Å². The highest BCUT2D eigenvalue weighted by Gasteiger charge is 2.55. The lowest BCUT2D eigenvalue weighted by Gasteiger charge is -2.39. The fraction of sp³-hybridized carbons (Fsp3) is 0.333. The van der Waals surface area contributed by atoms with Gasteiger partial charge < -0.3 is 14.4 Å². The van der Waals surface area contributed by atoms with Gasteiger partial charge in [-0.2, -0.15) is 0 Å². The first-order valence-electron chi connectivity index (χ1n) is 20.6. The maximum atomic E-state index is 2.62. The molecule has 0 bridgehead atoms. The molecule has 54 heavy (non-hydrogen) atoms. The van der Waals surface area contributed by atoms with Crippen LogP contribution in [0.5, 0.6) is 0 Å². The zero-order valence-electron chi connectivity index (χ0n) is 32.2. The van der Waals surface area contributed by atoms with Crippen LogP contribution in [0.25, 0.3) is 33.8 Å². The summed E-state index contributed by atoms with van der Waals surface area (Å²) in [6.07, 6.45) is 21.9. The maximum absolute atomic E-state index is 2.62. The normalized spacial score (nSPS) is 24.3. The van der Waals surface area contributed by atoms with Crippen molar-refractivity contribution >= 4 is 39.5 Å². The number of para-hydroxylation sites is 2. The van der Waals surface area contributed by atoms with Crippen LogP contribution in [-0.4, -0.2) is 23.1 Å². The van der Waals surface area contributed by atoms with Gasteiger partial charge in [0, 0.05) is 59.2 Å². The maximum Gasteiger partial charge on any atom is 0.0537 e. The van der Waals surface area contributed by atoms with Crippen LogP contribution in [0.15, 0.2) is 133 Å². The predicted octanol–water partition coefficient (Wildman–Crippen LogP) is 12.9. The monoisotopic (exact) mass is 707 g/mol. The van der Waals surface area contributed by atoms with Crippen molar-refractivity contribution < 1.29 is 0 Å². The molecule has 5 aromatic rings. The Morgan fingerprint density at radius 3 is 2.22 bits per heavy atom. The lowest BCUT2D eigenvalue weighted by Crippen LogP contribution is -2.31. The third-order valence-corrected chi connectivity index (χ3v) is 14.0. The molecule has 3 unspecified atom stereocenters. The van der Waals surface area contributed by atoms with Crippen molar-refractivity contribution in [1.29, 1.82) is 0 Å². The minimum Gasteiger partial charge on any atom is -0.380 e. The van der Waals surface area contributed by atoms with Gasteiger partial charge in [-0.15, -0.1) is 0 Å². The summed E-state index contributed by atoms with van der Waals surface area (Å²) in [5, 5.41) is 1.34. The second-order valence-corrected chi connectivity index (χ2v) is 17.3. The van der Waals surface area contributed by atoms with Crippen molar-refractivity contribution in [3.05, 3.63) is 156 Å². The Kier molecular flexibility index (Phi) is 8.31. The number of nitrogens with zero attached hydrogens (tertiary/aromatic N) is 3. The van der Waals surface area contributed by atoms with E-state index < -0.39 is 0 Å². The number of benzene rings is 4. The molecule has 10 rings (SSSR count). The molecular formula is C51H53N3. The lowest BCUT2D eigenvalue weighted by atomic mass is 9.70. The molecule has 0 amide bonds. The van der Waals surface area contributed by atoms with Crippen molar-refractivity contribution in [2.45, 2.75) is 65.2 Å². The van der Waals surface area contributed by atoms with Crippen molar-refractivity contribution in [1.82, 2.24) is 9.47 Å². The van der Waals surface area contributed by atoms with E-state index in [1.54, 1.807) is 0 Å². The van der Waals surface area contributed by atoms with Crippen LogP contribution in [-0.2, 0) is 6.42 Å². The van der Waals surface area contributed by atoms with Crippen molar-refractivity contribution in [2.24, 2.45) is 29.1 Å². The lowest BCUT2D eigenvalue weighted by molar-refractivity contribution is 0.182. The first-order chi connectivity index (χ1) is 26.4. The first-order valence-corrected chi connectivity index (χ1v) is 20.6. The Hall–Kier alpha value is -5.02. The largest absolute Gasteiger partial charge is 0.380 e. The molecule has 3 heteroatoms. The molecule has 2 heterocycles. The molecule has 1 saturated carbocycles. The summed E-state index contributed by atoms with van der Waals surface area (Å²) in [6, 6.07) is 38.8. The van der Waals surface area contributed by atoms with Gasteiger partial charge in [-0.25, -0.2) is 0 Å². The van der Waals surface area contributed by atoms with Gasteiger partial charge in [0.25, 0.3) is 0 Å². The summed E-state index contributed by atoms with van der Waals surface area (Å²) in [4.78, 5) is 4.93. The highest BCUT2D eigenvalue weighted by atomic mass is 15.2. The van der Waals surface area contributed by atoms with E-state index >= 15 is 0 Å². The molecule has 0 N–H and O–H groups in total. The average molecular weight is 708 g/mol. The quantitative estimate of drug-likeness (QED) is 0.163. The summed E-state index contributed by atoms with van der Waals surface area (Å²) in [5.41, 5.74) is 15.2. The molecule has 1 fully saturated rings. The molecule has 0 saturated heterocycles. The van der Waals surface area contributed by atoms with E-state index in [1.165, 1.54) is 92.9 Å². The SMILES string of the molecule is CN1C=C(c2ccc(N(C3=CCC4C(C3)C(C)(C)C3C=CCC[C@@H]43)c3ccc(C4=Cc5c(n(-c6ccccc6)c6ccccc56)CC4)cc3)cc2)CCC1. The summed E-state index contributed by atoms with van der Waals surface area (Å²) in [7, 11) is 2.20. The Morgan fingerprint density at radius 2 is 1.46 bits per heavy atom. The van der Waals surface area contributed by atoms with Gasteiger partial charge in [0.05, 0.1) is 5.52 Å². The van der Waals surface area contributed by atoms with E-state index in [9.17, 15) is 0 Å². The van der Waals surface area contributed by atoms with E-state index in [2.05, 4.69) is 169 Å². The number of hydrogen-bond acceptors (Lipinski definition) is 2. The highest BCUT2D eigenvalue weighted by molar-refractivity contribution is 5.99. The second-order valence-electron chi connectivity index (χ2n) is 17.3. The van der Waals surface area contributed by atoms with Crippen LogP contribution in [0, 0.1) is 29.1 Å². The van der Waals surface area contributed by atoms with Crippen molar-refractivity contribution in [3.8, 4) is 5.69 Å². The third-order valence-electron chi connectivity index (χ3n) is 14.0. The zero-order valence-corrected chi connectivity index (χ0v) is 32.2. The third kappa shape index (κ3) is 5.62. The number of aromatic nitrogens is 1. The summed E-state index contributed by atoms with van der Waals surface area (Å²) in [5.74, 6) is 3.01. The Labute approximate surface area is 322 Å². The molecule has 272 valence electrons. The Bertz CT molecular complexity index is 2310. The van der Waals surface area contributed by atoms with Crippen LogP contribution in [0.2, 0.25) is 0 Å². The molecule has 5 aliphatic rings. The van der Waals surface area contributed by atoms with Gasteiger partial charge in [0.2, 0.25) is 0 Å². The zero-order chi connectivity index (χ0) is 36.4.